The first kappa shape index (κ1) is 38.9. The van der Waals surface area contributed by atoms with Crippen LogP contribution in [-0.4, -0.2) is 70.5 Å². The zero-order chi connectivity index (χ0) is 39.3. The summed E-state index contributed by atoms with van der Waals surface area (Å²) in [5.41, 5.74) is 3.54. The third kappa shape index (κ3) is 6.51. The Morgan fingerprint density at radius 2 is 1.69 bits per heavy atom. The number of halogens is 3. The van der Waals surface area contributed by atoms with Gasteiger partial charge < -0.3 is 19.7 Å². The van der Waals surface area contributed by atoms with Crippen molar-refractivity contribution >= 4 is 81.1 Å². The van der Waals surface area contributed by atoms with Gasteiger partial charge in [0, 0.05) is 23.9 Å². The monoisotopic (exact) mass is 901 g/mol. The molecule has 3 N–H and O–H groups in total. The van der Waals surface area contributed by atoms with Gasteiger partial charge >= 0.3 is 5.97 Å². The maximum absolute atomic E-state index is 15.5. The van der Waals surface area contributed by atoms with E-state index in [2.05, 4.69) is 5.43 Å². The number of carbonyl (C=O) groups excluding carboxylic acids is 4. The Balaban J connectivity index is 1.39. The minimum atomic E-state index is -1.58. The maximum atomic E-state index is 15.5. The number of nitrogens with zero attached hydrogens (tertiary/aromatic N) is 2. The lowest BCUT2D eigenvalue weighted by molar-refractivity contribution is -0.141. The second-order valence-corrected chi connectivity index (χ2v) is 16.3. The number of hydrogen-bond acceptors (Lipinski definition) is 9. The SMILES string of the molecule is COc1ccc([C@@]23C(=O)N(Nc4ccc(Cl)cc4Cl)C(=O)[C@@H]2C[C@@H]2C(=CC[C@@H]4C(=O)N(CCCCCC(=O)O)C(=O)[C@@H]42)[C@@H]3c2cc(I)c(O)c(OC)c2)cc1. The molecule has 3 aromatic rings. The number of benzene rings is 3. The Morgan fingerprint density at radius 1 is 0.945 bits per heavy atom. The number of nitrogens with one attached hydrogen (secondary N) is 1. The van der Waals surface area contributed by atoms with Crippen LogP contribution in [-0.2, 0) is 29.4 Å². The summed E-state index contributed by atoms with van der Waals surface area (Å²) in [7, 11) is 2.96. The summed E-state index contributed by atoms with van der Waals surface area (Å²) >= 11 is 14.7. The molecule has 3 fully saturated rings. The molecule has 7 rings (SSSR count). The van der Waals surface area contributed by atoms with Crippen LogP contribution >= 0.6 is 45.8 Å². The van der Waals surface area contributed by atoms with Crippen LogP contribution in [0.5, 0.6) is 17.2 Å². The summed E-state index contributed by atoms with van der Waals surface area (Å²) in [5, 5.41) is 21.5. The highest BCUT2D eigenvalue weighted by atomic mass is 127. The molecule has 0 unspecified atom stereocenters. The van der Waals surface area contributed by atoms with Gasteiger partial charge in [0.15, 0.2) is 11.5 Å². The Labute approximate surface area is 340 Å². The molecule has 2 aliphatic heterocycles. The Kier molecular flexibility index (Phi) is 10.8. The maximum Gasteiger partial charge on any atom is 0.303 e. The summed E-state index contributed by atoms with van der Waals surface area (Å²) < 4.78 is 11.5. The summed E-state index contributed by atoms with van der Waals surface area (Å²) in [6.45, 7) is 0.166. The van der Waals surface area contributed by atoms with E-state index in [1.54, 1.807) is 48.5 Å². The van der Waals surface area contributed by atoms with Crippen LogP contribution in [0.4, 0.5) is 5.69 Å². The molecule has 2 heterocycles. The molecule has 0 aromatic heterocycles. The fraction of sp³-hybridized carbons (Fsp3) is 0.375. The zero-order valence-electron chi connectivity index (χ0n) is 29.9. The highest BCUT2D eigenvalue weighted by Gasteiger charge is 2.70. The minimum Gasteiger partial charge on any atom is -0.504 e. The number of carbonyl (C=O) groups is 5. The summed E-state index contributed by atoms with van der Waals surface area (Å²) in [6, 6.07) is 15.1. The molecule has 55 heavy (non-hydrogen) atoms. The molecule has 6 atom stereocenters. The van der Waals surface area contributed by atoms with Gasteiger partial charge in [-0.3, -0.25) is 34.3 Å². The zero-order valence-corrected chi connectivity index (χ0v) is 33.6. The first-order chi connectivity index (χ1) is 26.3. The van der Waals surface area contributed by atoms with Crippen LogP contribution in [0.2, 0.25) is 10.0 Å². The molecule has 4 aliphatic rings. The van der Waals surface area contributed by atoms with Crippen molar-refractivity contribution in [2.24, 2.45) is 23.7 Å². The predicted octanol–water partition coefficient (Wildman–Crippen LogP) is 6.95. The molecule has 2 aliphatic carbocycles. The van der Waals surface area contributed by atoms with E-state index in [0.717, 1.165) is 10.6 Å². The number of anilines is 1. The van der Waals surface area contributed by atoms with Gasteiger partial charge in [-0.25, -0.2) is 0 Å². The van der Waals surface area contributed by atoms with Gasteiger partial charge in [-0.05, 0) is 108 Å². The number of likely N-dealkylation sites (tertiary alicyclic amines) is 1. The smallest absolute Gasteiger partial charge is 0.303 e. The van der Waals surface area contributed by atoms with Crippen molar-refractivity contribution in [1.82, 2.24) is 9.91 Å². The quantitative estimate of drug-likeness (QED) is 0.0751. The van der Waals surface area contributed by atoms with Gasteiger partial charge in [0.2, 0.25) is 11.8 Å². The number of allylic oxidation sites excluding steroid dienone is 2. The summed E-state index contributed by atoms with van der Waals surface area (Å²) in [5.74, 6) is -5.90. The molecular weight excluding hydrogens is 864 g/mol. The standard InChI is InChI=1S/C40H38Cl2IN3O9/c1-54-23-10-7-21(8-11-23)40-27(37(51)46(39(40)53)44-30-14-9-22(41)18-28(30)42)19-26-24(34(40)20-16-29(43)35(49)31(17-20)55-2)12-13-25-33(26)38(52)45(36(25)50)15-5-3-4-6-32(47)48/h7-12,14,16-18,25-27,33-34,44,49H,3-6,13,15,19H2,1-2H3,(H,47,48)/t25-,26+,27-,33-,34-,40+/m0/s1. The molecular formula is C40H38Cl2IN3O9. The second kappa shape index (κ2) is 15.3. The van der Waals surface area contributed by atoms with Gasteiger partial charge in [0.05, 0.1) is 51.7 Å². The first-order valence-corrected chi connectivity index (χ1v) is 19.7. The van der Waals surface area contributed by atoms with Crippen molar-refractivity contribution in [2.45, 2.75) is 49.9 Å². The number of methoxy groups -OCH3 is 2. The van der Waals surface area contributed by atoms with Crippen molar-refractivity contribution in [3.05, 3.63) is 91.0 Å². The molecule has 3 aromatic carbocycles. The van der Waals surface area contributed by atoms with Crippen LogP contribution in [0.15, 0.2) is 66.2 Å². The highest BCUT2D eigenvalue weighted by Crippen LogP contribution is 2.64. The number of aromatic hydroxyl groups is 1. The fourth-order valence-corrected chi connectivity index (χ4v) is 10.2. The summed E-state index contributed by atoms with van der Waals surface area (Å²) in [6.07, 6.45) is 3.73. The number of rotatable bonds is 12. The van der Waals surface area contributed by atoms with Crippen molar-refractivity contribution in [3.8, 4) is 17.2 Å². The van der Waals surface area contributed by atoms with Crippen LogP contribution in [0.25, 0.3) is 0 Å². The van der Waals surface area contributed by atoms with Gasteiger partial charge in [-0.2, -0.15) is 5.01 Å². The number of hydrogen-bond donors (Lipinski definition) is 3. The van der Waals surface area contributed by atoms with E-state index in [1.807, 2.05) is 28.7 Å². The Morgan fingerprint density at radius 3 is 2.36 bits per heavy atom. The van der Waals surface area contributed by atoms with E-state index in [4.69, 9.17) is 37.8 Å². The lowest BCUT2D eigenvalue weighted by Crippen LogP contribution is -2.53. The third-order valence-electron chi connectivity index (χ3n) is 11.5. The number of fused-ring (bicyclic) bond motifs is 4. The minimum absolute atomic E-state index is 0.00501. The van der Waals surface area contributed by atoms with Crippen LogP contribution < -0.4 is 14.9 Å². The molecule has 288 valence electrons. The number of phenols is 1. The number of phenolic OH excluding ortho intramolecular Hbond substituents is 1. The number of carboxylic acids is 1. The lowest BCUT2D eigenvalue weighted by Gasteiger charge is -2.50. The van der Waals surface area contributed by atoms with Gasteiger partial charge in [0.1, 0.15) is 5.75 Å². The third-order valence-corrected chi connectivity index (χ3v) is 12.9. The topological polar surface area (TPSA) is 163 Å². The van der Waals surface area contributed by atoms with Gasteiger partial charge in [-0.15, -0.1) is 0 Å². The van der Waals surface area contributed by atoms with E-state index < -0.39 is 52.8 Å². The van der Waals surface area contributed by atoms with E-state index in [1.165, 1.54) is 25.2 Å². The largest absolute Gasteiger partial charge is 0.504 e. The van der Waals surface area contributed by atoms with Crippen LogP contribution in [0.3, 0.4) is 0 Å². The van der Waals surface area contributed by atoms with E-state index in [-0.39, 0.29) is 59.8 Å². The number of carboxylic acid groups (broad SMARTS) is 1. The second-order valence-electron chi connectivity index (χ2n) is 14.3. The fourth-order valence-electron chi connectivity index (χ4n) is 9.14. The Bertz CT molecular complexity index is 2130. The number of unbranched alkanes of at least 4 members (excludes halogenated alkanes) is 2. The van der Waals surface area contributed by atoms with Crippen LogP contribution in [0.1, 0.15) is 55.6 Å². The molecule has 1 saturated carbocycles. The normalized spacial score (nSPS) is 25.7. The lowest BCUT2D eigenvalue weighted by atomic mass is 9.49. The predicted molar refractivity (Wildman–Crippen MR) is 211 cm³/mol. The highest BCUT2D eigenvalue weighted by molar-refractivity contribution is 14.1. The molecule has 2 saturated heterocycles. The van der Waals surface area contributed by atoms with Crippen LogP contribution in [0, 0.1) is 27.2 Å². The van der Waals surface area contributed by atoms with Crippen molar-refractivity contribution in [2.75, 3.05) is 26.2 Å². The van der Waals surface area contributed by atoms with Gasteiger partial charge in [0.25, 0.3) is 11.8 Å². The van der Waals surface area contributed by atoms with Crippen molar-refractivity contribution < 1.29 is 43.7 Å². The number of amides is 4. The first-order valence-electron chi connectivity index (χ1n) is 17.9. The molecule has 12 nitrogen and oxygen atoms in total. The summed E-state index contributed by atoms with van der Waals surface area (Å²) in [4.78, 5) is 70.9. The number of hydrazine groups is 1. The number of imide groups is 2. The van der Waals surface area contributed by atoms with E-state index in [0.29, 0.717) is 44.7 Å². The molecule has 0 bridgehead atoms. The van der Waals surface area contributed by atoms with Crippen molar-refractivity contribution in [3.63, 3.8) is 0 Å². The number of ether oxygens (including phenoxy) is 2. The van der Waals surface area contributed by atoms with E-state index >= 15 is 4.79 Å². The average Bonchev–Trinajstić information content (AvgIpc) is 3.53. The average molecular weight is 903 g/mol. The van der Waals surface area contributed by atoms with Gasteiger partial charge in [-0.1, -0.05) is 53.4 Å². The van der Waals surface area contributed by atoms with E-state index in [9.17, 15) is 24.3 Å². The Hall–Kier alpha value is -4.34. The van der Waals surface area contributed by atoms with Crippen molar-refractivity contribution in [1.29, 1.82) is 0 Å². The molecule has 0 spiro atoms. The molecule has 0 radical (unpaired) electrons. The molecule has 15 heteroatoms. The number of aliphatic carboxylic acids is 1. The molecule has 4 amide bonds.